The van der Waals surface area contributed by atoms with Gasteiger partial charge in [-0.25, -0.2) is 4.98 Å². The van der Waals surface area contributed by atoms with E-state index in [1.54, 1.807) is 11.3 Å². The molecule has 0 saturated heterocycles. The Labute approximate surface area is 93.6 Å². The standard InChI is InChI=1S/C11H15N3S/c1-4-11(2,3)10-12-9(13-14-10)8-6-5-7-15-8/h5-7H,4H2,1-3H3,(H,12,13,14). The lowest BCUT2D eigenvalue weighted by Gasteiger charge is -2.18. The third kappa shape index (κ3) is 1.95. The van der Waals surface area contributed by atoms with Gasteiger partial charge in [-0.05, 0) is 17.9 Å². The van der Waals surface area contributed by atoms with Crippen molar-refractivity contribution >= 4 is 11.3 Å². The van der Waals surface area contributed by atoms with E-state index in [0.29, 0.717) is 0 Å². The van der Waals surface area contributed by atoms with Crippen molar-refractivity contribution in [1.29, 1.82) is 0 Å². The van der Waals surface area contributed by atoms with Gasteiger partial charge >= 0.3 is 0 Å². The lowest BCUT2D eigenvalue weighted by molar-refractivity contribution is 0.475. The molecule has 2 rings (SSSR count). The molecule has 15 heavy (non-hydrogen) atoms. The second kappa shape index (κ2) is 3.77. The molecule has 0 fully saturated rings. The van der Waals surface area contributed by atoms with Crippen LogP contribution in [0.4, 0.5) is 0 Å². The number of nitrogens with one attached hydrogen (secondary N) is 1. The molecule has 0 aromatic carbocycles. The highest BCUT2D eigenvalue weighted by Crippen LogP contribution is 2.26. The average Bonchev–Trinajstić information content (AvgIpc) is 2.88. The van der Waals surface area contributed by atoms with Gasteiger partial charge in [0.05, 0.1) is 4.88 Å². The fourth-order valence-corrected chi connectivity index (χ4v) is 1.91. The quantitative estimate of drug-likeness (QED) is 0.864. The number of thiophene rings is 1. The molecule has 3 nitrogen and oxygen atoms in total. The molecule has 1 N–H and O–H groups in total. The first-order valence-corrected chi connectivity index (χ1v) is 5.98. The van der Waals surface area contributed by atoms with E-state index >= 15 is 0 Å². The van der Waals surface area contributed by atoms with Crippen LogP contribution in [0.25, 0.3) is 10.7 Å². The molecule has 4 heteroatoms. The Morgan fingerprint density at radius 2 is 2.27 bits per heavy atom. The average molecular weight is 221 g/mol. The summed E-state index contributed by atoms with van der Waals surface area (Å²) in [5.41, 5.74) is 0.0719. The van der Waals surface area contributed by atoms with Gasteiger partial charge in [-0.1, -0.05) is 26.8 Å². The predicted molar refractivity (Wildman–Crippen MR) is 63.0 cm³/mol. The largest absolute Gasteiger partial charge is 0.262 e. The van der Waals surface area contributed by atoms with Gasteiger partial charge in [0, 0.05) is 5.41 Å². The number of aromatic nitrogens is 3. The molecule has 0 aliphatic rings. The first-order valence-electron chi connectivity index (χ1n) is 5.10. The molecular formula is C11H15N3S. The van der Waals surface area contributed by atoms with Crippen molar-refractivity contribution in [3.8, 4) is 10.7 Å². The lowest BCUT2D eigenvalue weighted by Crippen LogP contribution is -2.17. The SMILES string of the molecule is CCC(C)(C)c1nc(-c2cccs2)n[nH]1. The Balaban J connectivity index is 2.33. The van der Waals surface area contributed by atoms with Gasteiger partial charge in [-0.3, -0.25) is 5.10 Å². The smallest absolute Gasteiger partial charge is 0.191 e. The van der Waals surface area contributed by atoms with E-state index in [9.17, 15) is 0 Å². The number of nitrogens with zero attached hydrogens (tertiary/aromatic N) is 2. The molecule has 0 bridgehead atoms. The zero-order chi connectivity index (χ0) is 10.9. The Morgan fingerprint density at radius 1 is 1.47 bits per heavy atom. The number of hydrogen-bond acceptors (Lipinski definition) is 3. The topological polar surface area (TPSA) is 41.6 Å². The van der Waals surface area contributed by atoms with Crippen molar-refractivity contribution < 1.29 is 0 Å². The molecule has 2 aromatic heterocycles. The van der Waals surface area contributed by atoms with E-state index in [4.69, 9.17) is 0 Å². The van der Waals surface area contributed by atoms with Gasteiger partial charge < -0.3 is 0 Å². The molecule has 0 saturated carbocycles. The van der Waals surface area contributed by atoms with Crippen LogP contribution in [0.15, 0.2) is 17.5 Å². The summed E-state index contributed by atoms with van der Waals surface area (Å²) in [5, 5.41) is 9.32. The van der Waals surface area contributed by atoms with E-state index in [2.05, 4.69) is 36.0 Å². The van der Waals surface area contributed by atoms with E-state index in [0.717, 1.165) is 22.9 Å². The minimum absolute atomic E-state index is 0.0719. The van der Waals surface area contributed by atoms with Crippen LogP contribution < -0.4 is 0 Å². The van der Waals surface area contributed by atoms with Gasteiger partial charge in [-0.2, -0.15) is 5.10 Å². The van der Waals surface area contributed by atoms with Crippen molar-refractivity contribution in [2.24, 2.45) is 0 Å². The second-order valence-electron chi connectivity index (χ2n) is 4.22. The van der Waals surface area contributed by atoms with Gasteiger partial charge in [0.25, 0.3) is 0 Å². The molecule has 2 aromatic rings. The predicted octanol–water partition coefficient (Wildman–Crippen LogP) is 3.22. The summed E-state index contributed by atoms with van der Waals surface area (Å²) in [4.78, 5) is 5.65. The van der Waals surface area contributed by atoms with Crippen molar-refractivity contribution in [1.82, 2.24) is 15.2 Å². The van der Waals surface area contributed by atoms with Crippen molar-refractivity contribution in [2.45, 2.75) is 32.6 Å². The van der Waals surface area contributed by atoms with E-state index in [1.165, 1.54) is 0 Å². The molecule has 2 heterocycles. The fraction of sp³-hybridized carbons (Fsp3) is 0.455. The lowest BCUT2D eigenvalue weighted by atomic mass is 9.90. The highest BCUT2D eigenvalue weighted by Gasteiger charge is 2.22. The van der Waals surface area contributed by atoms with Crippen molar-refractivity contribution in [3.63, 3.8) is 0 Å². The zero-order valence-corrected chi connectivity index (χ0v) is 10.1. The summed E-state index contributed by atoms with van der Waals surface area (Å²) in [6.07, 6.45) is 1.05. The number of rotatable bonds is 3. The van der Waals surface area contributed by atoms with Crippen LogP contribution in [0.2, 0.25) is 0 Å². The first kappa shape index (κ1) is 10.4. The second-order valence-corrected chi connectivity index (χ2v) is 5.17. The summed E-state index contributed by atoms with van der Waals surface area (Å²) >= 11 is 1.66. The van der Waals surface area contributed by atoms with Crippen LogP contribution in [0.1, 0.15) is 33.0 Å². The summed E-state index contributed by atoms with van der Waals surface area (Å²) in [6, 6.07) is 4.05. The highest BCUT2D eigenvalue weighted by atomic mass is 32.1. The molecule has 0 unspecified atom stereocenters. The van der Waals surface area contributed by atoms with E-state index < -0.39 is 0 Å². The Bertz CT molecular complexity index is 428. The fourth-order valence-electron chi connectivity index (χ4n) is 1.25. The summed E-state index contributed by atoms with van der Waals surface area (Å²) in [5.74, 6) is 1.77. The van der Waals surface area contributed by atoms with Gasteiger partial charge in [0.2, 0.25) is 0 Å². The van der Waals surface area contributed by atoms with Gasteiger partial charge in [-0.15, -0.1) is 11.3 Å². The third-order valence-electron chi connectivity index (χ3n) is 2.75. The van der Waals surface area contributed by atoms with Crippen molar-refractivity contribution in [3.05, 3.63) is 23.3 Å². The van der Waals surface area contributed by atoms with Gasteiger partial charge in [0.1, 0.15) is 5.82 Å². The normalized spacial score (nSPS) is 11.9. The van der Waals surface area contributed by atoms with Crippen LogP contribution in [-0.4, -0.2) is 15.2 Å². The molecule has 0 amide bonds. The minimum atomic E-state index is 0.0719. The first-order chi connectivity index (χ1) is 7.13. The molecule has 0 atom stereocenters. The maximum Gasteiger partial charge on any atom is 0.191 e. The number of aromatic amines is 1. The Hall–Kier alpha value is -1.16. The van der Waals surface area contributed by atoms with Gasteiger partial charge in [0.15, 0.2) is 5.82 Å². The third-order valence-corrected chi connectivity index (χ3v) is 3.62. The molecule has 80 valence electrons. The van der Waals surface area contributed by atoms with Crippen LogP contribution in [-0.2, 0) is 5.41 Å². The van der Waals surface area contributed by atoms with Crippen molar-refractivity contribution in [2.75, 3.05) is 0 Å². The molecular weight excluding hydrogens is 206 g/mol. The Morgan fingerprint density at radius 3 is 2.87 bits per heavy atom. The molecule has 0 spiro atoms. The number of hydrogen-bond donors (Lipinski definition) is 1. The van der Waals surface area contributed by atoms with Crippen LogP contribution in [0.3, 0.4) is 0 Å². The summed E-state index contributed by atoms with van der Waals surface area (Å²) in [6.45, 7) is 6.50. The maximum absolute atomic E-state index is 4.54. The summed E-state index contributed by atoms with van der Waals surface area (Å²) < 4.78 is 0. The highest BCUT2D eigenvalue weighted by molar-refractivity contribution is 7.13. The van der Waals surface area contributed by atoms with E-state index in [-0.39, 0.29) is 5.41 Å². The number of H-pyrrole nitrogens is 1. The molecule has 0 radical (unpaired) electrons. The maximum atomic E-state index is 4.54. The molecule has 0 aliphatic heterocycles. The van der Waals surface area contributed by atoms with Crippen LogP contribution in [0, 0.1) is 0 Å². The van der Waals surface area contributed by atoms with Crippen LogP contribution >= 0.6 is 11.3 Å². The monoisotopic (exact) mass is 221 g/mol. The Kier molecular flexibility index (Phi) is 2.61. The van der Waals surface area contributed by atoms with Crippen LogP contribution in [0.5, 0.6) is 0 Å². The zero-order valence-electron chi connectivity index (χ0n) is 9.24. The van der Waals surface area contributed by atoms with E-state index in [1.807, 2.05) is 17.5 Å². The minimum Gasteiger partial charge on any atom is -0.262 e. The summed E-state index contributed by atoms with van der Waals surface area (Å²) in [7, 11) is 0. The molecule has 0 aliphatic carbocycles.